The second-order valence-electron chi connectivity index (χ2n) is 7.46. The molecular formula is C20H33NO. The maximum absolute atomic E-state index is 6.39. The zero-order valence-electron chi connectivity index (χ0n) is 14.8. The van der Waals surface area contributed by atoms with E-state index < -0.39 is 0 Å². The van der Waals surface area contributed by atoms with E-state index in [1.54, 1.807) is 0 Å². The van der Waals surface area contributed by atoms with Gasteiger partial charge in [-0.25, -0.2) is 0 Å². The second kappa shape index (κ2) is 7.61. The van der Waals surface area contributed by atoms with Crippen LogP contribution in [0.1, 0.15) is 58.9 Å². The first-order valence-corrected chi connectivity index (χ1v) is 8.92. The predicted molar refractivity (Wildman–Crippen MR) is 94.2 cm³/mol. The molecular weight excluding hydrogens is 270 g/mol. The monoisotopic (exact) mass is 303 g/mol. The molecule has 2 heteroatoms. The standard InChI is InChI=1S/C20H33NO/c1-5-21-18(16-17-10-8-7-9-11-17)20(22-6-2)14-12-19(3,4)13-15-20/h7-11,18,21H,5-6,12-16H2,1-4H3. The van der Waals surface area contributed by atoms with Crippen LogP contribution in [-0.2, 0) is 11.2 Å². The van der Waals surface area contributed by atoms with Gasteiger partial charge in [0.25, 0.3) is 0 Å². The Bertz CT molecular complexity index is 430. The average Bonchev–Trinajstić information content (AvgIpc) is 2.51. The Kier molecular flexibility index (Phi) is 6.05. The molecule has 1 atom stereocenters. The van der Waals surface area contributed by atoms with Gasteiger partial charge >= 0.3 is 0 Å². The van der Waals surface area contributed by atoms with Gasteiger partial charge in [-0.1, -0.05) is 51.1 Å². The molecule has 2 nitrogen and oxygen atoms in total. The number of ether oxygens (including phenoxy) is 1. The molecule has 0 saturated heterocycles. The molecule has 0 radical (unpaired) electrons. The minimum atomic E-state index is -0.00385. The van der Waals surface area contributed by atoms with Crippen molar-refractivity contribution in [3.8, 4) is 0 Å². The van der Waals surface area contributed by atoms with E-state index in [-0.39, 0.29) is 5.60 Å². The second-order valence-corrected chi connectivity index (χ2v) is 7.46. The van der Waals surface area contributed by atoms with E-state index in [2.05, 4.69) is 63.3 Å². The smallest absolute Gasteiger partial charge is 0.0838 e. The molecule has 0 bridgehead atoms. The molecule has 0 heterocycles. The predicted octanol–water partition coefficient (Wildman–Crippen LogP) is 4.58. The van der Waals surface area contributed by atoms with E-state index in [4.69, 9.17) is 4.74 Å². The number of nitrogens with one attached hydrogen (secondary N) is 1. The summed E-state index contributed by atoms with van der Waals surface area (Å²) in [7, 11) is 0. The van der Waals surface area contributed by atoms with Crippen LogP contribution >= 0.6 is 0 Å². The third-order valence-corrected chi connectivity index (χ3v) is 5.25. The molecule has 0 aliphatic heterocycles. The van der Waals surface area contributed by atoms with Crippen molar-refractivity contribution < 1.29 is 4.74 Å². The van der Waals surface area contributed by atoms with Crippen molar-refractivity contribution >= 4 is 0 Å². The van der Waals surface area contributed by atoms with Crippen molar-refractivity contribution in [1.82, 2.24) is 5.32 Å². The molecule has 1 aliphatic rings. The maximum atomic E-state index is 6.39. The maximum Gasteiger partial charge on any atom is 0.0838 e. The third kappa shape index (κ3) is 4.33. The van der Waals surface area contributed by atoms with Gasteiger partial charge in [-0.2, -0.15) is 0 Å². The van der Waals surface area contributed by atoms with Crippen molar-refractivity contribution in [2.24, 2.45) is 5.41 Å². The van der Waals surface area contributed by atoms with Crippen LogP contribution < -0.4 is 5.32 Å². The first-order chi connectivity index (χ1) is 10.5. The Morgan fingerprint density at radius 1 is 1.05 bits per heavy atom. The van der Waals surface area contributed by atoms with E-state index in [1.165, 1.54) is 31.2 Å². The Balaban J connectivity index is 2.18. The summed E-state index contributed by atoms with van der Waals surface area (Å²) in [4.78, 5) is 0. The molecule has 1 N–H and O–H groups in total. The Labute approximate surface area is 136 Å². The van der Waals surface area contributed by atoms with E-state index in [0.717, 1.165) is 19.6 Å². The van der Waals surface area contributed by atoms with Crippen molar-refractivity contribution in [2.45, 2.75) is 71.4 Å². The van der Waals surface area contributed by atoms with Crippen molar-refractivity contribution in [1.29, 1.82) is 0 Å². The fourth-order valence-corrected chi connectivity index (χ4v) is 3.77. The van der Waals surface area contributed by atoms with Gasteiger partial charge in [0, 0.05) is 12.6 Å². The zero-order chi connectivity index (χ0) is 16.1. The van der Waals surface area contributed by atoms with Crippen LogP contribution in [0.25, 0.3) is 0 Å². The molecule has 1 saturated carbocycles. The zero-order valence-corrected chi connectivity index (χ0v) is 14.8. The summed E-state index contributed by atoms with van der Waals surface area (Å²) in [5, 5.41) is 3.73. The molecule has 1 aromatic rings. The highest BCUT2D eigenvalue weighted by molar-refractivity contribution is 5.17. The Morgan fingerprint density at radius 3 is 2.23 bits per heavy atom. The number of hydrogen-bond acceptors (Lipinski definition) is 2. The highest BCUT2D eigenvalue weighted by Crippen LogP contribution is 2.44. The molecule has 2 rings (SSSR count). The van der Waals surface area contributed by atoms with E-state index in [1.807, 2.05) is 0 Å². The van der Waals surface area contributed by atoms with Crippen molar-refractivity contribution in [3.63, 3.8) is 0 Å². The van der Waals surface area contributed by atoms with Gasteiger partial charge in [0.1, 0.15) is 0 Å². The highest BCUT2D eigenvalue weighted by Gasteiger charge is 2.44. The summed E-state index contributed by atoms with van der Waals surface area (Å²) >= 11 is 0. The van der Waals surface area contributed by atoms with E-state index in [0.29, 0.717) is 11.5 Å². The summed E-state index contributed by atoms with van der Waals surface area (Å²) in [6.45, 7) is 10.9. The Hall–Kier alpha value is -0.860. The molecule has 1 fully saturated rings. The number of rotatable bonds is 7. The van der Waals surface area contributed by atoms with Crippen LogP contribution in [0.5, 0.6) is 0 Å². The topological polar surface area (TPSA) is 21.3 Å². The molecule has 1 aromatic carbocycles. The Morgan fingerprint density at radius 2 is 1.68 bits per heavy atom. The fraction of sp³-hybridized carbons (Fsp3) is 0.700. The first kappa shape index (κ1) is 17.5. The van der Waals surface area contributed by atoms with Crippen LogP contribution in [0, 0.1) is 5.41 Å². The lowest BCUT2D eigenvalue weighted by molar-refractivity contribution is -0.106. The summed E-state index contributed by atoms with van der Waals surface area (Å²) in [5.41, 5.74) is 1.86. The van der Waals surface area contributed by atoms with Crippen LogP contribution in [0.15, 0.2) is 30.3 Å². The van der Waals surface area contributed by atoms with Crippen LogP contribution in [0.4, 0.5) is 0 Å². The molecule has 0 amide bonds. The van der Waals surface area contributed by atoms with Gasteiger partial charge in [-0.3, -0.25) is 0 Å². The van der Waals surface area contributed by atoms with Crippen LogP contribution in [-0.4, -0.2) is 24.8 Å². The minimum absolute atomic E-state index is 0.00385. The minimum Gasteiger partial charge on any atom is -0.374 e. The molecule has 124 valence electrons. The largest absolute Gasteiger partial charge is 0.374 e. The molecule has 1 unspecified atom stereocenters. The van der Waals surface area contributed by atoms with Crippen LogP contribution in [0.2, 0.25) is 0 Å². The SMILES string of the molecule is CCNC(Cc1ccccc1)C1(OCC)CCC(C)(C)CC1. The number of benzene rings is 1. The lowest BCUT2D eigenvalue weighted by Gasteiger charge is -2.48. The normalized spacial score (nSPS) is 21.5. The fourth-order valence-electron chi connectivity index (χ4n) is 3.77. The third-order valence-electron chi connectivity index (χ3n) is 5.25. The lowest BCUT2D eigenvalue weighted by atomic mass is 9.67. The highest BCUT2D eigenvalue weighted by atomic mass is 16.5. The number of hydrogen-bond donors (Lipinski definition) is 1. The summed E-state index contributed by atoms with van der Waals surface area (Å²) in [5.74, 6) is 0. The van der Waals surface area contributed by atoms with Gasteiger partial charge in [0.2, 0.25) is 0 Å². The summed E-state index contributed by atoms with van der Waals surface area (Å²) < 4.78 is 6.39. The quantitative estimate of drug-likeness (QED) is 0.796. The van der Waals surface area contributed by atoms with Gasteiger partial charge in [0.05, 0.1) is 5.60 Å². The van der Waals surface area contributed by atoms with Gasteiger partial charge in [-0.15, -0.1) is 0 Å². The van der Waals surface area contributed by atoms with Gasteiger partial charge < -0.3 is 10.1 Å². The molecule has 0 aromatic heterocycles. The van der Waals surface area contributed by atoms with E-state index in [9.17, 15) is 0 Å². The van der Waals surface area contributed by atoms with Crippen molar-refractivity contribution in [2.75, 3.05) is 13.2 Å². The van der Waals surface area contributed by atoms with Crippen LogP contribution in [0.3, 0.4) is 0 Å². The summed E-state index contributed by atoms with van der Waals surface area (Å²) in [6.07, 6.45) is 5.89. The van der Waals surface area contributed by atoms with E-state index >= 15 is 0 Å². The van der Waals surface area contributed by atoms with Crippen molar-refractivity contribution in [3.05, 3.63) is 35.9 Å². The van der Waals surface area contributed by atoms with Gasteiger partial charge in [0.15, 0.2) is 0 Å². The lowest BCUT2D eigenvalue weighted by Crippen LogP contribution is -2.56. The molecule has 1 aliphatic carbocycles. The first-order valence-electron chi connectivity index (χ1n) is 8.92. The average molecular weight is 303 g/mol. The van der Waals surface area contributed by atoms with Gasteiger partial charge in [-0.05, 0) is 56.6 Å². The molecule has 0 spiro atoms. The summed E-state index contributed by atoms with van der Waals surface area (Å²) in [6, 6.07) is 11.2. The molecule has 22 heavy (non-hydrogen) atoms. The number of likely N-dealkylation sites (N-methyl/N-ethyl adjacent to an activating group) is 1.